The number of hydrogen-bond donors (Lipinski definition) is 0. The lowest BCUT2D eigenvalue weighted by atomic mass is 10.1. The van der Waals surface area contributed by atoms with Gasteiger partial charge in [0, 0.05) is 31.7 Å². The number of rotatable bonds is 8. The fourth-order valence-corrected chi connectivity index (χ4v) is 3.51. The molecule has 2 amide bonds. The number of carbonyl (C=O) groups excluding carboxylic acids is 2. The van der Waals surface area contributed by atoms with Gasteiger partial charge in [-0.2, -0.15) is 0 Å². The molecule has 3 rings (SSSR count). The van der Waals surface area contributed by atoms with Crippen LogP contribution in [0.5, 0.6) is 28.7 Å². The second-order valence-electron chi connectivity index (χ2n) is 7.03. The lowest BCUT2D eigenvalue weighted by Gasteiger charge is -2.35. The highest BCUT2D eigenvalue weighted by Crippen LogP contribution is 2.38. The molecule has 0 atom stereocenters. The van der Waals surface area contributed by atoms with E-state index in [2.05, 4.69) is 0 Å². The molecule has 9 nitrogen and oxygen atoms in total. The van der Waals surface area contributed by atoms with E-state index in [1.807, 2.05) is 12.1 Å². The number of benzene rings is 2. The lowest BCUT2D eigenvalue weighted by Crippen LogP contribution is -2.51. The molecule has 0 spiro atoms. The van der Waals surface area contributed by atoms with Crippen LogP contribution in [0, 0.1) is 0 Å². The third kappa shape index (κ3) is 4.99. The molecule has 0 unspecified atom stereocenters. The Morgan fingerprint density at radius 3 is 1.81 bits per heavy atom. The average Bonchev–Trinajstić information content (AvgIpc) is 2.85. The summed E-state index contributed by atoms with van der Waals surface area (Å²) in [6.07, 6.45) is 0. The third-order valence-corrected chi connectivity index (χ3v) is 5.25. The van der Waals surface area contributed by atoms with E-state index in [-0.39, 0.29) is 18.4 Å². The van der Waals surface area contributed by atoms with Crippen molar-refractivity contribution in [2.24, 2.45) is 0 Å². The van der Waals surface area contributed by atoms with Crippen molar-refractivity contribution in [1.82, 2.24) is 9.80 Å². The van der Waals surface area contributed by atoms with Gasteiger partial charge in [0.05, 0.1) is 28.4 Å². The fraction of sp³-hybridized carbons (Fsp3) is 0.391. The van der Waals surface area contributed by atoms with Crippen molar-refractivity contribution < 1.29 is 33.3 Å². The van der Waals surface area contributed by atoms with Crippen molar-refractivity contribution in [3.8, 4) is 28.7 Å². The van der Waals surface area contributed by atoms with Gasteiger partial charge in [-0.15, -0.1) is 0 Å². The summed E-state index contributed by atoms with van der Waals surface area (Å²) >= 11 is 0. The Balaban J connectivity index is 1.59. The van der Waals surface area contributed by atoms with Gasteiger partial charge in [0.25, 0.3) is 11.8 Å². The van der Waals surface area contributed by atoms with E-state index in [1.165, 1.54) is 21.3 Å². The smallest absolute Gasteiger partial charge is 0.260 e. The molecule has 0 radical (unpaired) electrons. The number of hydrogen-bond acceptors (Lipinski definition) is 7. The number of methoxy groups -OCH3 is 4. The topological polar surface area (TPSA) is 86.8 Å². The Morgan fingerprint density at radius 2 is 1.28 bits per heavy atom. The van der Waals surface area contributed by atoms with Crippen molar-refractivity contribution in [3.05, 3.63) is 42.0 Å². The summed E-state index contributed by atoms with van der Waals surface area (Å²) in [5.74, 6) is 2.03. The zero-order chi connectivity index (χ0) is 23.1. The van der Waals surface area contributed by atoms with Crippen LogP contribution in [0.25, 0.3) is 0 Å². The maximum atomic E-state index is 13.0. The van der Waals surface area contributed by atoms with Crippen LogP contribution in [0.3, 0.4) is 0 Å². The van der Waals surface area contributed by atoms with Crippen LogP contribution in [0.1, 0.15) is 10.4 Å². The Bertz CT molecular complexity index is 930. The largest absolute Gasteiger partial charge is 0.493 e. The highest BCUT2D eigenvalue weighted by atomic mass is 16.5. The fourth-order valence-electron chi connectivity index (χ4n) is 3.51. The minimum Gasteiger partial charge on any atom is -0.493 e. The molecule has 172 valence electrons. The highest BCUT2D eigenvalue weighted by Gasteiger charge is 2.27. The summed E-state index contributed by atoms with van der Waals surface area (Å²) in [5, 5.41) is 0. The minimum absolute atomic E-state index is 0.0960. The van der Waals surface area contributed by atoms with E-state index in [1.54, 1.807) is 41.2 Å². The number of piperazine rings is 1. The Labute approximate surface area is 187 Å². The summed E-state index contributed by atoms with van der Waals surface area (Å²) in [6, 6.07) is 10.4. The third-order valence-electron chi connectivity index (χ3n) is 5.25. The highest BCUT2D eigenvalue weighted by molar-refractivity contribution is 5.96. The molecule has 1 fully saturated rings. The van der Waals surface area contributed by atoms with E-state index in [0.717, 1.165) is 0 Å². The Kier molecular flexibility index (Phi) is 7.64. The molecule has 9 heteroatoms. The van der Waals surface area contributed by atoms with Gasteiger partial charge >= 0.3 is 0 Å². The van der Waals surface area contributed by atoms with Crippen LogP contribution in [0.15, 0.2) is 36.4 Å². The summed E-state index contributed by atoms with van der Waals surface area (Å²) < 4.78 is 26.8. The zero-order valence-electron chi connectivity index (χ0n) is 18.8. The van der Waals surface area contributed by atoms with Crippen LogP contribution in [-0.4, -0.2) is 82.8 Å². The summed E-state index contributed by atoms with van der Waals surface area (Å²) in [4.78, 5) is 29.0. The van der Waals surface area contributed by atoms with E-state index >= 15 is 0 Å². The molecule has 2 aromatic carbocycles. The Hall–Kier alpha value is -3.62. The maximum Gasteiger partial charge on any atom is 0.260 e. The van der Waals surface area contributed by atoms with Crippen molar-refractivity contribution >= 4 is 11.8 Å². The molecule has 0 bridgehead atoms. The van der Waals surface area contributed by atoms with Crippen LogP contribution in [-0.2, 0) is 4.79 Å². The second kappa shape index (κ2) is 10.6. The molecule has 1 saturated heterocycles. The number of nitrogens with zero attached hydrogens (tertiary/aromatic N) is 2. The maximum absolute atomic E-state index is 13.0. The number of ether oxygens (including phenoxy) is 5. The molecule has 2 aromatic rings. The number of para-hydroxylation sites is 2. The van der Waals surface area contributed by atoms with Crippen LogP contribution in [0.2, 0.25) is 0 Å². The van der Waals surface area contributed by atoms with Gasteiger partial charge in [0.2, 0.25) is 5.75 Å². The van der Waals surface area contributed by atoms with Gasteiger partial charge in [-0.05, 0) is 24.3 Å². The number of amides is 2. The van der Waals surface area contributed by atoms with Crippen molar-refractivity contribution in [1.29, 1.82) is 0 Å². The molecular formula is C23H28N2O7. The van der Waals surface area contributed by atoms with Crippen molar-refractivity contribution in [2.45, 2.75) is 0 Å². The van der Waals surface area contributed by atoms with Gasteiger partial charge in [-0.3, -0.25) is 9.59 Å². The predicted octanol–water partition coefficient (Wildman–Crippen LogP) is 2.08. The lowest BCUT2D eigenvalue weighted by molar-refractivity contribution is -0.134. The summed E-state index contributed by atoms with van der Waals surface area (Å²) in [7, 11) is 6.07. The van der Waals surface area contributed by atoms with Gasteiger partial charge < -0.3 is 33.5 Å². The second-order valence-corrected chi connectivity index (χ2v) is 7.03. The molecule has 0 aliphatic carbocycles. The minimum atomic E-state index is -0.165. The van der Waals surface area contributed by atoms with E-state index in [0.29, 0.717) is 60.5 Å². The molecule has 0 saturated carbocycles. The predicted molar refractivity (Wildman–Crippen MR) is 117 cm³/mol. The molecule has 0 aromatic heterocycles. The molecular weight excluding hydrogens is 416 g/mol. The van der Waals surface area contributed by atoms with Gasteiger partial charge in [0.15, 0.2) is 29.6 Å². The normalized spacial score (nSPS) is 13.4. The van der Waals surface area contributed by atoms with Crippen molar-refractivity contribution in [3.63, 3.8) is 0 Å². The quantitative estimate of drug-likeness (QED) is 0.616. The molecule has 1 aliphatic heterocycles. The standard InChI is InChI=1S/C23H28N2O7/c1-28-17-7-5-6-8-18(17)32-15-21(26)24-9-11-25(12-10-24)23(27)16-13-19(29-2)22(31-4)20(14-16)30-3/h5-8,13-14H,9-12,15H2,1-4H3. The SMILES string of the molecule is COc1ccccc1OCC(=O)N1CCN(C(=O)c2cc(OC)c(OC)c(OC)c2)CC1. The van der Waals surface area contributed by atoms with Gasteiger partial charge in [-0.25, -0.2) is 0 Å². The molecule has 1 aliphatic rings. The average molecular weight is 444 g/mol. The summed E-state index contributed by atoms with van der Waals surface area (Å²) in [6.45, 7) is 1.57. The first-order valence-corrected chi connectivity index (χ1v) is 10.1. The van der Waals surface area contributed by atoms with Crippen LogP contribution < -0.4 is 23.7 Å². The van der Waals surface area contributed by atoms with E-state index in [4.69, 9.17) is 23.7 Å². The monoisotopic (exact) mass is 444 g/mol. The van der Waals surface area contributed by atoms with Gasteiger partial charge in [-0.1, -0.05) is 12.1 Å². The zero-order valence-corrected chi connectivity index (χ0v) is 18.8. The summed E-state index contributed by atoms with van der Waals surface area (Å²) in [5.41, 5.74) is 0.429. The molecule has 1 heterocycles. The Morgan fingerprint density at radius 1 is 0.750 bits per heavy atom. The number of carbonyl (C=O) groups is 2. The van der Waals surface area contributed by atoms with E-state index < -0.39 is 0 Å². The first-order chi connectivity index (χ1) is 15.5. The molecule has 0 N–H and O–H groups in total. The molecule has 32 heavy (non-hydrogen) atoms. The van der Waals surface area contributed by atoms with Crippen LogP contribution >= 0.6 is 0 Å². The first-order valence-electron chi connectivity index (χ1n) is 10.1. The first kappa shape index (κ1) is 23.1. The van der Waals surface area contributed by atoms with Crippen LogP contribution in [0.4, 0.5) is 0 Å². The van der Waals surface area contributed by atoms with Gasteiger partial charge in [0.1, 0.15) is 0 Å². The van der Waals surface area contributed by atoms with E-state index in [9.17, 15) is 9.59 Å². The van der Waals surface area contributed by atoms with Crippen molar-refractivity contribution in [2.75, 3.05) is 61.2 Å².